The first-order chi connectivity index (χ1) is 8.81. The van der Waals surface area contributed by atoms with Gasteiger partial charge in [-0.05, 0) is 56.3 Å². The Kier molecular flexibility index (Phi) is 3.67. The highest BCUT2D eigenvalue weighted by molar-refractivity contribution is 5.25. The Bertz CT molecular complexity index is 398. The molecule has 18 heavy (non-hydrogen) atoms. The molecule has 2 heteroatoms. The number of nitrogens with zero attached hydrogens (tertiary/aromatic N) is 1. The van der Waals surface area contributed by atoms with Crippen molar-refractivity contribution >= 4 is 0 Å². The second-order valence-corrected chi connectivity index (χ2v) is 6.00. The van der Waals surface area contributed by atoms with Gasteiger partial charge in [0.15, 0.2) is 0 Å². The molecule has 0 radical (unpaired) electrons. The molecule has 2 fully saturated rings. The van der Waals surface area contributed by atoms with E-state index in [1.807, 2.05) is 0 Å². The maximum Gasteiger partial charge on any atom is 0.0236 e. The van der Waals surface area contributed by atoms with E-state index in [1.165, 1.54) is 50.0 Å². The minimum atomic E-state index is 0.857. The average Bonchev–Trinajstić information content (AvgIpc) is 3.10. The Morgan fingerprint density at radius 1 is 1.22 bits per heavy atom. The molecule has 1 aliphatic heterocycles. The van der Waals surface area contributed by atoms with Gasteiger partial charge in [-0.3, -0.25) is 4.90 Å². The molecule has 1 aromatic carbocycles. The largest absolute Gasteiger partial charge is 0.314 e. The van der Waals surface area contributed by atoms with Gasteiger partial charge in [0.25, 0.3) is 0 Å². The van der Waals surface area contributed by atoms with Crippen LogP contribution in [-0.4, -0.2) is 30.6 Å². The summed E-state index contributed by atoms with van der Waals surface area (Å²) in [4.78, 5) is 2.61. The SMILES string of the molecule is Cc1ccccc1CN1CCC(CNC2CC2)C1. The summed E-state index contributed by atoms with van der Waals surface area (Å²) < 4.78 is 0. The van der Waals surface area contributed by atoms with E-state index in [0.29, 0.717) is 0 Å². The highest BCUT2D eigenvalue weighted by Gasteiger charge is 2.26. The predicted octanol–water partition coefficient (Wildman–Crippen LogP) is 2.57. The van der Waals surface area contributed by atoms with Gasteiger partial charge in [-0.25, -0.2) is 0 Å². The maximum absolute atomic E-state index is 3.67. The fourth-order valence-electron chi connectivity index (χ4n) is 2.87. The highest BCUT2D eigenvalue weighted by Crippen LogP contribution is 2.22. The molecule has 1 saturated heterocycles. The van der Waals surface area contributed by atoms with E-state index >= 15 is 0 Å². The number of hydrogen-bond acceptors (Lipinski definition) is 2. The van der Waals surface area contributed by atoms with Crippen molar-refractivity contribution in [1.82, 2.24) is 10.2 Å². The molecule has 2 nitrogen and oxygen atoms in total. The molecule has 1 unspecified atom stereocenters. The fourth-order valence-corrected chi connectivity index (χ4v) is 2.87. The van der Waals surface area contributed by atoms with Crippen molar-refractivity contribution < 1.29 is 0 Å². The molecule has 1 N–H and O–H groups in total. The summed E-state index contributed by atoms with van der Waals surface area (Å²) in [6, 6.07) is 9.63. The molecule has 3 rings (SSSR count). The topological polar surface area (TPSA) is 15.3 Å². The van der Waals surface area contributed by atoms with Gasteiger partial charge in [0.05, 0.1) is 0 Å². The number of nitrogens with one attached hydrogen (secondary N) is 1. The van der Waals surface area contributed by atoms with Crippen molar-refractivity contribution in [3.63, 3.8) is 0 Å². The number of likely N-dealkylation sites (tertiary alicyclic amines) is 1. The van der Waals surface area contributed by atoms with Crippen molar-refractivity contribution in [2.24, 2.45) is 5.92 Å². The lowest BCUT2D eigenvalue weighted by atomic mass is 10.1. The molecule has 2 aliphatic rings. The first kappa shape index (κ1) is 12.2. The Morgan fingerprint density at radius 2 is 2.06 bits per heavy atom. The molecule has 0 aromatic heterocycles. The summed E-state index contributed by atoms with van der Waals surface area (Å²) in [7, 11) is 0. The van der Waals surface area contributed by atoms with E-state index < -0.39 is 0 Å². The van der Waals surface area contributed by atoms with Crippen molar-refractivity contribution in [1.29, 1.82) is 0 Å². The third kappa shape index (κ3) is 3.12. The molecule has 1 aromatic rings. The standard InChI is InChI=1S/C16H24N2/c1-13-4-2-3-5-15(13)12-18-9-8-14(11-18)10-17-16-6-7-16/h2-5,14,16-17H,6-12H2,1H3. The molecule has 1 heterocycles. The number of rotatable bonds is 5. The zero-order valence-electron chi connectivity index (χ0n) is 11.4. The third-order valence-electron chi connectivity index (χ3n) is 4.30. The zero-order valence-corrected chi connectivity index (χ0v) is 11.4. The number of aryl methyl sites for hydroxylation is 1. The van der Waals surface area contributed by atoms with Gasteiger partial charge < -0.3 is 5.32 Å². The number of hydrogen-bond donors (Lipinski definition) is 1. The van der Waals surface area contributed by atoms with Gasteiger partial charge >= 0.3 is 0 Å². The van der Waals surface area contributed by atoms with Gasteiger partial charge in [0.2, 0.25) is 0 Å². The van der Waals surface area contributed by atoms with Crippen molar-refractivity contribution in [2.75, 3.05) is 19.6 Å². The minimum absolute atomic E-state index is 0.857. The summed E-state index contributed by atoms with van der Waals surface area (Å²) in [6.07, 6.45) is 4.17. The lowest BCUT2D eigenvalue weighted by Crippen LogP contribution is -2.27. The van der Waals surface area contributed by atoms with E-state index in [9.17, 15) is 0 Å². The minimum Gasteiger partial charge on any atom is -0.314 e. The van der Waals surface area contributed by atoms with Crippen LogP contribution in [0.1, 0.15) is 30.4 Å². The average molecular weight is 244 g/mol. The van der Waals surface area contributed by atoms with Crippen LogP contribution < -0.4 is 5.32 Å². The van der Waals surface area contributed by atoms with Gasteiger partial charge in [-0.2, -0.15) is 0 Å². The predicted molar refractivity (Wildman–Crippen MR) is 75.6 cm³/mol. The van der Waals surface area contributed by atoms with Crippen LogP contribution in [0.4, 0.5) is 0 Å². The number of benzene rings is 1. The summed E-state index contributed by atoms with van der Waals surface area (Å²) >= 11 is 0. The van der Waals surface area contributed by atoms with Crippen LogP contribution in [0.25, 0.3) is 0 Å². The summed E-state index contributed by atoms with van der Waals surface area (Å²) in [6.45, 7) is 7.12. The second kappa shape index (κ2) is 5.41. The van der Waals surface area contributed by atoms with E-state index in [2.05, 4.69) is 41.4 Å². The van der Waals surface area contributed by atoms with Crippen molar-refractivity contribution in [3.8, 4) is 0 Å². The van der Waals surface area contributed by atoms with Crippen molar-refractivity contribution in [2.45, 2.75) is 38.8 Å². The van der Waals surface area contributed by atoms with Crippen LogP contribution in [0.5, 0.6) is 0 Å². The molecule has 1 saturated carbocycles. The molecule has 1 atom stereocenters. The van der Waals surface area contributed by atoms with E-state index in [1.54, 1.807) is 0 Å². The molecule has 0 bridgehead atoms. The highest BCUT2D eigenvalue weighted by atomic mass is 15.1. The van der Waals surface area contributed by atoms with E-state index in [4.69, 9.17) is 0 Å². The van der Waals surface area contributed by atoms with Crippen LogP contribution in [0, 0.1) is 12.8 Å². The normalized spacial score (nSPS) is 24.6. The first-order valence-electron chi connectivity index (χ1n) is 7.31. The summed E-state index contributed by atoms with van der Waals surface area (Å²) in [5.74, 6) is 0.870. The van der Waals surface area contributed by atoms with E-state index in [0.717, 1.165) is 18.5 Å². The first-order valence-corrected chi connectivity index (χ1v) is 7.31. The van der Waals surface area contributed by atoms with Gasteiger partial charge in [-0.1, -0.05) is 24.3 Å². The molecule has 0 spiro atoms. The molecule has 98 valence electrons. The smallest absolute Gasteiger partial charge is 0.0236 e. The quantitative estimate of drug-likeness (QED) is 0.856. The van der Waals surface area contributed by atoms with Gasteiger partial charge in [0.1, 0.15) is 0 Å². The fraction of sp³-hybridized carbons (Fsp3) is 0.625. The second-order valence-electron chi connectivity index (χ2n) is 6.00. The Morgan fingerprint density at radius 3 is 2.83 bits per heavy atom. The Balaban J connectivity index is 1.48. The Hall–Kier alpha value is -0.860. The van der Waals surface area contributed by atoms with Crippen LogP contribution >= 0.6 is 0 Å². The summed E-state index contributed by atoms with van der Waals surface area (Å²) in [5.41, 5.74) is 2.92. The van der Waals surface area contributed by atoms with Crippen molar-refractivity contribution in [3.05, 3.63) is 35.4 Å². The maximum atomic E-state index is 3.67. The summed E-state index contributed by atoms with van der Waals surface area (Å²) in [5, 5.41) is 3.67. The Labute approximate surface area is 110 Å². The monoisotopic (exact) mass is 244 g/mol. The zero-order chi connectivity index (χ0) is 12.4. The van der Waals surface area contributed by atoms with E-state index in [-0.39, 0.29) is 0 Å². The third-order valence-corrected chi connectivity index (χ3v) is 4.30. The van der Waals surface area contributed by atoms with Crippen LogP contribution in [0.3, 0.4) is 0 Å². The van der Waals surface area contributed by atoms with Crippen LogP contribution in [0.15, 0.2) is 24.3 Å². The molecule has 1 aliphatic carbocycles. The van der Waals surface area contributed by atoms with Gasteiger partial charge in [-0.15, -0.1) is 0 Å². The lowest BCUT2D eigenvalue weighted by molar-refractivity contribution is 0.313. The van der Waals surface area contributed by atoms with Crippen LogP contribution in [-0.2, 0) is 6.54 Å². The molecular weight excluding hydrogens is 220 g/mol. The molecular formula is C16H24N2. The van der Waals surface area contributed by atoms with Crippen LogP contribution in [0.2, 0.25) is 0 Å². The van der Waals surface area contributed by atoms with Gasteiger partial charge in [0, 0.05) is 19.1 Å². The lowest BCUT2D eigenvalue weighted by Gasteiger charge is -2.17. The molecule has 0 amide bonds.